The molecule has 1 aromatic rings. The molecule has 2 N–H and O–H groups in total. The minimum Gasteiger partial charge on any atom is -0.496 e. The van der Waals surface area contributed by atoms with E-state index >= 15 is 0 Å². The van der Waals surface area contributed by atoms with Gasteiger partial charge in [-0.05, 0) is 56.4 Å². The van der Waals surface area contributed by atoms with Crippen molar-refractivity contribution in [2.75, 3.05) is 7.11 Å². The SMILES string of the molecule is COc1c(C)c(C)cc(C)c1CC(C)N. The molecule has 0 bridgehead atoms. The van der Waals surface area contributed by atoms with Crippen molar-refractivity contribution >= 4 is 0 Å². The lowest BCUT2D eigenvalue weighted by molar-refractivity contribution is 0.404. The van der Waals surface area contributed by atoms with Crippen molar-refractivity contribution in [1.29, 1.82) is 0 Å². The summed E-state index contributed by atoms with van der Waals surface area (Å²) >= 11 is 0. The summed E-state index contributed by atoms with van der Waals surface area (Å²) in [5.74, 6) is 1.00. The summed E-state index contributed by atoms with van der Waals surface area (Å²) in [6, 6.07) is 2.37. The smallest absolute Gasteiger partial charge is 0.125 e. The van der Waals surface area contributed by atoms with Crippen LogP contribution in [0.3, 0.4) is 0 Å². The van der Waals surface area contributed by atoms with E-state index < -0.39 is 0 Å². The van der Waals surface area contributed by atoms with Crippen LogP contribution in [0.2, 0.25) is 0 Å². The van der Waals surface area contributed by atoms with Crippen LogP contribution in [0.4, 0.5) is 0 Å². The van der Waals surface area contributed by atoms with Crippen molar-refractivity contribution in [2.24, 2.45) is 5.73 Å². The van der Waals surface area contributed by atoms with Crippen LogP contribution in [0.15, 0.2) is 6.07 Å². The molecule has 1 atom stereocenters. The van der Waals surface area contributed by atoms with Gasteiger partial charge in [0, 0.05) is 6.04 Å². The molecule has 1 unspecified atom stereocenters. The highest BCUT2D eigenvalue weighted by Crippen LogP contribution is 2.30. The minimum atomic E-state index is 0.166. The van der Waals surface area contributed by atoms with E-state index in [0.29, 0.717) is 0 Å². The van der Waals surface area contributed by atoms with Crippen LogP contribution in [-0.2, 0) is 6.42 Å². The van der Waals surface area contributed by atoms with Crippen molar-refractivity contribution in [3.63, 3.8) is 0 Å². The lowest BCUT2D eigenvalue weighted by Gasteiger charge is -2.17. The second-order valence-electron chi connectivity index (χ2n) is 4.33. The molecule has 0 spiro atoms. The summed E-state index contributed by atoms with van der Waals surface area (Å²) in [6.45, 7) is 8.35. The predicted octanol–water partition coefficient (Wildman–Crippen LogP) is 2.51. The van der Waals surface area contributed by atoms with Gasteiger partial charge in [-0.25, -0.2) is 0 Å². The first-order chi connectivity index (χ1) is 6.97. The number of hydrogen-bond donors (Lipinski definition) is 1. The molecule has 84 valence electrons. The zero-order valence-corrected chi connectivity index (χ0v) is 10.3. The molecule has 1 aromatic carbocycles. The molecule has 1 rings (SSSR count). The Hall–Kier alpha value is -1.02. The Morgan fingerprint density at radius 3 is 2.33 bits per heavy atom. The molecule has 0 heterocycles. The molecule has 2 nitrogen and oxygen atoms in total. The van der Waals surface area contributed by atoms with Gasteiger partial charge in [-0.1, -0.05) is 6.07 Å². The van der Waals surface area contributed by atoms with E-state index in [1.807, 2.05) is 6.92 Å². The molecule has 0 radical (unpaired) electrons. The fourth-order valence-corrected chi connectivity index (χ4v) is 1.96. The van der Waals surface area contributed by atoms with E-state index in [9.17, 15) is 0 Å². The van der Waals surface area contributed by atoms with E-state index in [4.69, 9.17) is 10.5 Å². The van der Waals surface area contributed by atoms with Gasteiger partial charge in [0.2, 0.25) is 0 Å². The standard InChI is InChI=1S/C13H21NO/c1-8-6-9(2)12(7-10(3)14)13(15-5)11(8)4/h6,10H,7,14H2,1-5H3. The van der Waals surface area contributed by atoms with Crippen LogP contribution in [0.1, 0.15) is 29.2 Å². The minimum absolute atomic E-state index is 0.166. The summed E-state index contributed by atoms with van der Waals surface area (Å²) in [5.41, 5.74) is 10.9. The second-order valence-corrected chi connectivity index (χ2v) is 4.33. The second kappa shape index (κ2) is 4.67. The molecule has 0 amide bonds. The molecule has 2 heteroatoms. The van der Waals surface area contributed by atoms with Crippen LogP contribution < -0.4 is 10.5 Å². The first kappa shape index (κ1) is 12.1. The van der Waals surface area contributed by atoms with Crippen molar-refractivity contribution in [3.05, 3.63) is 28.3 Å². The highest BCUT2D eigenvalue weighted by Gasteiger charge is 2.13. The molecule has 0 aliphatic rings. The monoisotopic (exact) mass is 207 g/mol. The number of nitrogens with two attached hydrogens (primary N) is 1. The predicted molar refractivity (Wildman–Crippen MR) is 64.6 cm³/mol. The van der Waals surface area contributed by atoms with Gasteiger partial charge in [-0.2, -0.15) is 0 Å². The molecular formula is C13H21NO. The molecule has 0 aliphatic heterocycles. The topological polar surface area (TPSA) is 35.2 Å². The molecule has 0 saturated carbocycles. The number of hydrogen-bond acceptors (Lipinski definition) is 2. The van der Waals surface area contributed by atoms with Gasteiger partial charge >= 0.3 is 0 Å². The van der Waals surface area contributed by atoms with Crippen LogP contribution in [0.5, 0.6) is 5.75 Å². The van der Waals surface area contributed by atoms with Crippen LogP contribution in [0.25, 0.3) is 0 Å². The van der Waals surface area contributed by atoms with E-state index in [1.54, 1.807) is 7.11 Å². The zero-order chi connectivity index (χ0) is 11.6. The van der Waals surface area contributed by atoms with Crippen molar-refractivity contribution in [1.82, 2.24) is 0 Å². The maximum atomic E-state index is 5.85. The van der Waals surface area contributed by atoms with E-state index in [0.717, 1.165) is 12.2 Å². The first-order valence-electron chi connectivity index (χ1n) is 5.36. The third kappa shape index (κ3) is 2.51. The van der Waals surface area contributed by atoms with Crippen LogP contribution in [0, 0.1) is 20.8 Å². The number of rotatable bonds is 3. The quantitative estimate of drug-likeness (QED) is 0.826. The molecular weight excluding hydrogens is 186 g/mol. The Labute approximate surface area is 92.4 Å². The van der Waals surface area contributed by atoms with Gasteiger partial charge in [0.1, 0.15) is 5.75 Å². The lowest BCUT2D eigenvalue weighted by atomic mass is 9.95. The normalized spacial score (nSPS) is 12.7. The molecule has 0 aliphatic carbocycles. The van der Waals surface area contributed by atoms with Crippen LogP contribution >= 0.6 is 0 Å². The number of aryl methyl sites for hydroxylation is 2. The highest BCUT2D eigenvalue weighted by molar-refractivity contribution is 5.49. The van der Waals surface area contributed by atoms with Gasteiger partial charge < -0.3 is 10.5 Å². The summed E-state index contributed by atoms with van der Waals surface area (Å²) in [6.07, 6.45) is 0.871. The average Bonchev–Trinajstić information content (AvgIpc) is 2.14. The van der Waals surface area contributed by atoms with Crippen molar-refractivity contribution in [2.45, 2.75) is 40.2 Å². The van der Waals surface area contributed by atoms with Gasteiger partial charge in [-0.15, -0.1) is 0 Å². The average molecular weight is 207 g/mol. The fourth-order valence-electron chi connectivity index (χ4n) is 1.96. The Morgan fingerprint density at radius 1 is 1.27 bits per heavy atom. The zero-order valence-electron chi connectivity index (χ0n) is 10.3. The first-order valence-corrected chi connectivity index (χ1v) is 5.36. The Bertz CT molecular complexity index is 356. The largest absolute Gasteiger partial charge is 0.496 e. The highest BCUT2D eigenvalue weighted by atomic mass is 16.5. The summed E-state index contributed by atoms with van der Waals surface area (Å²) < 4.78 is 5.48. The Morgan fingerprint density at radius 2 is 1.87 bits per heavy atom. The van der Waals surface area contributed by atoms with Gasteiger partial charge in [0.05, 0.1) is 7.11 Å². The van der Waals surface area contributed by atoms with Crippen molar-refractivity contribution < 1.29 is 4.74 Å². The molecule has 0 fully saturated rings. The summed E-state index contributed by atoms with van der Waals surface area (Å²) in [4.78, 5) is 0. The van der Waals surface area contributed by atoms with E-state index in [-0.39, 0.29) is 6.04 Å². The Kier molecular flexibility index (Phi) is 3.75. The molecule has 0 aromatic heterocycles. The maximum Gasteiger partial charge on any atom is 0.125 e. The number of methoxy groups -OCH3 is 1. The third-order valence-corrected chi connectivity index (χ3v) is 2.85. The fraction of sp³-hybridized carbons (Fsp3) is 0.538. The summed E-state index contributed by atoms with van der Waals surface area (Å²) in [7, 11) is 1.73. The summed E-state index contributed by atoms with van der Waals surface area (Å²) in [5, 5.41) is 0. The maximum absolute atomic E-state index is 5.85. The molecule has 15 heavy (non-hydrogen) atoms. The van der Waals surface area contributed by atoms with Gasteiger partial charge in [0.25, 0.3) is 0 Å². The third-order valence-electron chi connectivity index (χ3n) is 2.85. The van der Waals surface area contributed by atoms with Gasteiger partial charge in [0.15, 0.2) is 0 Å². The lowest BCUT2D eigenvalue weighted by Crippen LogP contribution is -2.19. The number of ether oxygens (including phenoxy) is 1. The van der Waals surface area contributed by atoms with Gasteiger partial charge in [-0.3, -0.25) is 0 Å². The van der Waals surface area contributed by atoms with E-state index in [2.05, 4.69) is 26.8 Å². The number of benzene rings is 1. The van der Waals surface area contributed by atoms with Crippen LogP contribution in [-0.4, -0.2) is 13.2 Å². The van der Waals surface area contributed by atoms with E-state index in [1.165, 1.54) is 22.3 Å². The Balaban J connectivity index is 3.29. The molecule has 0 saturated heterocycles. The van der Waals surface area contributed by atoms with Crippen molar-refractivity contribution in [3.8, 4) is 5.75 Å².